The van der Waals surface area contributed by atoms with Crippen LogP contribution in [0.2, 0.25) is 0 Å². The van der Waals surface area contributed by atoms with Crippen LogP contribution in [0, 0.1) is 0 Å². The van der Waals surface area contributed by atoms with E-state index in [0.29, 0.717) is 5.65 Å². The molecule has 6 aromatic rings. The number of carbonyl (C=O) groups is 1. The van der Waals surface area contributed by atoms with Gasteiger partial charge in [0.25, 0.3) is 11.5 Å². The van der Waals surface area contributed by atoms with Crippen molar-refractivity contribution in [2.75, 3.05) is 5.73 Å². The summed E-state index contributed by atoms with van der Waals surface area (Å²) in [4.78, 5) is 28.3. The van der Waals surface area contributed by atoms with E-state index in [1.165, 1.54) is 4.52 Å². The van der Waals surface area contributed by atoms with E-state index in [1.54, 1.807) is 29.3 Å². The first-order valence-corrected chi connectivity index (χ1v) is 12.7. The van der Waals surface area contributed by atoms with Crippen LogP contribution in [0.5, 0.6) is 0 Å². The highest BCUT2D eigenvalue weighted by atomic mass is 16.1. The van der Waals surface area contributed by atoms with E-state index in [2.05, 4.69) is 28.2 Å². The predicted molar refractivity (Wildman–Crippen MR) is 157 cm³/mol. The highest BCUT2D eigenvalue weighted by Gasteiger charge is 2.15. The van der Waals surface area contributed by atoms with Gasteiger partial charge in [0.1, 0.15) is 5.56 Å². The Hall–Kier alpha value is -5.51. The molecule has 4 heterocycles. The molecule has 0 aliphatic carbocycles. The predicted octanol–water partition coefficient (Wildman–Crippen LogP) is 3.87. The van der Waals surface area contributed by atoms with Gasteiger partial charge in [0.15, 0.2) is 11.5 Å². The number of aryl methyl sites for hydroxylation is 2. The lowest BCUT2D eigenvalue weighted by Gasteiger charge is -2.14. The zero-order chi connectivity index (χ0) is 28.2. The highest BCUT2D eigenvalue weighted by molar-refractivity contribution is 6.03. The van der Waals surface area contributed by atoms with E-state index >= 15 is 0 Å². The van der Waals surface area contributed by atoms with Gasteiger partial charge in [-0.25, -0.2) is 9.50 Å². The second-order valence-corrected chi connectivity index (χ2v) is 9.07. The number of amides is 1. The molecule has 4 N–H and O–H groups in total. The SMILES string of the molecule is CCc1cc2cccc(/C=C/c3cnn(C)c3)c2c(=O)n1-c1ccccc1.NC(=O)c1c(N)nn2cccnc12. The molecule has 0 unspecified atom stereocenters. The lowest BCUT2D eigenvalue weighted by atomic mass is 10.0. The van der Waals surface area contributed by atoms with Crippen molar-refractivity contribution in [1.29, 1.82) is 0 Å². The number of hydrogen-bond acceptors (Lipinski definition) is 6. The molecule has 4 aromatic heterocycles. The van der Waals surface area contributed by atoms with Gasteiger partial charge in [0, 0.05) is 42.6 Å². The molecule has 0 saturated heterocycles. The van der Waals surface area contributed by atoms with Crippen molar-refractivity contribution in [3.8, 4) is 5.69 Å². The first-order valence-electron chi connectivity index (χ1n) is 12.7. The molecule has 0 spiro atoms. The average molecular weight is 533 g/mol. The van der Waals surface area contributed by atoms with E-state index in [9.17, 15) is 9.59 Å². The summed E-state index contributed by atoms with van der Waals surface area (Å²) >= 11 is 0. The maximum atomic E-state index is 13.5. The number of primary amides is 1. The number of fused-ring (bicyclic) bond motifs is 2. The number of nitrogens with zero attached hydrogens (tertiary/aromatic N) is 6. The number of nitrogen functional groups attached to an aromatic ring is 1. The largest absolute Gasteiger partial charge is 0.381 e. The molecule has 10 heteroatoms. The molecule has 0 fully saturated rings. The summed E-state index contributed by atoms with van der Waals surface area (Å²) in [5.74, 6) is -0.516. The third-order valence-corrected chi connectivity index (χ3v) is 6.38. The Morgan fingerprint density at radius 2 is 1.85 bits per heavy atom. The molecule has 6 rings (SSSR count). The Bertz CT molecular complexity index is 1920. The average Bonchev–Trinajstić information content (AvgIpc) is 3.53. The summed E-state index contributed by atoms with van der Waals surface area (Å²) in [6.07, 6.45) is 11.7. The fourth-order valence-corrected chi connectivity index (χ4v) is 4.55. The normalized spacial score (nSPS) is 11.2. The number of pyridine rings is 1. The summed E-state index contributed by atoms with van der Waals surface area (Å²) in [7, 11) is 1.89. The molecular weight excluding hydrogens is 504 g/mol. The number of carbonyl (C=O) groups excluding carboxylic acids is 1. The molecule has 40 heavy (non-hydrogen) atoms. The van der Waals surface area contributed by atoms with Crippen molar-refractivity contribution in [2.45, 2.75) is 13.3 Å². The van der Waals surface area contributed by atoms with Crippen LogP contribution in [0.3, 0.4) is 0 Å². The summed E-state index contributed by atoms with van der Waals surface area (Å²) in [5.41, 5.74) is 15.0. The Morgan fingerprint density at radius 3 is 2.55 bits per heavy atom. The van der Waals surface area contributed by atoms with Gasteiger partial charge in [-0.05, 0) is 41.6 Å². The van der Waals surface area contributed by atoms with Gasteiger partial charge in [-0.2, -0.15) is 5.10 Å². The molecule has 0 aliphatic rings. The van der Waals surface area contributed by atoms with Crippen LogP contribution >= 0.6 is 0 Å². The minimum absolute atomic E-state index is 0.0157. The third-order valence-electron chi connectivity index (χ3n) is 6.38. The number of para-hydroxylation sites is 1. The Balaban J connectivity index is 0.000000207. The maximum Gasteiger partial charge on any atom is 0.263 e. The quantitative estimate of drug-likeness (QED) is 0.346. The monoisotopic (exact) mass is 532 g/mol. The third kappa shape index (κ3) is 5.10. The number of aromatic nitrogens is 6. The van der Waals surface area contributed by atoms with Crippen LogP contribution in [0.25, 0.3) is 34.3 Å². The molecule has 0 atom stereocenters. The first-order chi connectivity index (χ1) is 19.4. The Labute approximate surface area is 229 Å². The van der Waals surface area contributed by atoms with Gasteiger partial charge < -0.3 is 11.5 Å². The molecule has 2 aromatic carbocycles. The molecule has 0 aliphatic heterocycles. The topological polar surface area (TPSA) is 139 Å². The van der Waals surface area contributed by atoms with Crippen molar-refractivity contribution in [1.82, 2.24) is 28.9 Å². The van der Waals surface area contributed by atoms with Gasteiger partial charge in [-0.15, -0.1) is 5.10 Å². The number of rotatable bonds is 5. The first kappa shape index (κ1) is 26.1. The van der Waals surface area contributed by atoms with Crippen LogP contribution in [0.15, 0.2) is 90.2 Å². The van der Waals surface area contributed by atoms with Gasteiger partial charge in [0.2, 0.25) is 0 Å². The number of nitrogens with two attached hydrogens (primary N) is 2. The van der Waals surface area contributed by atoms with E-state index in [1.807, 2.05) is 78.5 Å². The lowest BCUT2D eigenvalue weighted by Crippen LogP contribution is -2.22. The van der Waals surface area contributed by atoms with Crippen molar-refractivity contribution in [3.05, 3.63) is 118 Å². The van der Waals surface area contributed by atoms with Crippen LogP contribution in [0.4, 0.5) is 5.82 Å². The van der Waals surface area contributed by atoms with Crippen molar-refractivity contribution < 1.29 is 4.79 Å². The second-order valence-electron chi connectivity index (χ2n) is 9.07. The van der Waals surface area contributed by atoms with Crippen molar-refractivity contribution in [2.24, 2.45) is 12.8 Å². The lowest BCUT2D eigenvalue weighted by molar-refractivity contribution is 0.100. The van der Waals surface area contributed by atoms with Crippen molar-refractivity contribution >= 4 is 40.3 Å². The molecule has 1 amide bonds. The standard InChI is InChI=1S/C23H21N3O.C7H7N5O/c1-3-20-14-19-9-7-8-18(13-12-17-15-24-25(2)16-17)22(19)23(27)26(20)21-10-5-4-6-11-21;8-5-4(6(9)13)7-10-2-1-3-12(7)11-5/h4-16H,3H2,1-2H3;1-3H,(H2,8,11)(H2,9,13)/b13-12+;. The summed E-state index contributed by atoms with van der Waals surface area (Å²) in [5, 5.41) is 9.75. The summed E-state index contributed by atoms with van der Waals surface area (Å²) in [6.45, 7) is 2.08. The van der Waals surface area contributed by atoms with Gasteiger partial charge in [0.05, 0.1) is 11.6 Å². The second kappa shape index (κ2) is 11.1. The van der Waals surface area contributed by atoms with Gasteiger partial charge >= 0.3 is 0 Å². The fraction of sp³-hybridized carbons (Fsp3) is 0.100. The van der Waals surface area contributed by atoms with Gasteiger partial charge in [-0.3, -0.25) is 18.8 Å². The molecule has 10 nitrogen and oxygen atoms in total. The van der Waals surface area contributed by atoms with Crippen LogP contribution < -0.4 is 17.0 Å². The van der Waals surface area contributed by atoms with Gasteiger partial charge in [-0.1, -0.05) is 55.5 Å². The van der Waals surface area contributed by atoms with Crippen LogP contribution in [-0.4, -0.2) is 34.9 Å². The molecule has 0 radical (unpaired) electrons. The maximum absolute atomic E-state index is 13.5. The fourth-order valence-electron chi connectivity index (χ4n) is 4.55. The van der Waals surface area contributed by atoms with E-state index in [0.717, 1.165) is 39.7 Å². The zero-order valence-corrected chi connectivity index (χ0v) is 22.1. The zero-order valence-electron chi connectivity index (χ0n) is 22.1. The minimum atomic E-state index is -0.619. The van der Waals surface area contributed by atoms with Crippen LogP contribution in [-0.2, 0) is 13.5 Å². The van der Waals surface area contributed by atoms with E-state index < -0.39 is 5.91 Å². The molecule has 200 valence electrons. The number of hydrogen-bond donors (Lipinski definition) is 2. The Morgan fingerprint density at radius 1 is 1.05 bits per heavy atom. The van der Waals surface area contributed by atoms with E-state index in [-0.39, 0.29) is 16.9 Å². The highest BCUT2D eigenvalue weighted by Crippen LogP contribution is 2.21. The smallest absolute Gasteiger partial charge is 0.263 e. The minimum Gasteiger partial charge on any atom is -0.381 e. The molecule has 0 bridgehead atoms. The number of anilines is 1. The number of benzene rings is 2. The van der Waals surface area contributed by atoms with Crippen molar-refractivity contribution in [3.63, 3.8) is 0 Å². The molecule has 0 saturated carbocycles. The van der Waals surface area contributed by atoms with E-state index in [4.69, 9.17) is 11.5 Å². The molecular formula is C30H28N8O2. The summed E-state index contributed by atoms with van der Waals surface area (Å²) < 4.78 is 5.00. The Kier molecular flexibility index (Phi) is 7.23. The van der Waals surface area contributed by atoms with Crippen LogP contribution in [0.1, 0.15) is 34.1 Å². The summed E-state index contributed by atoms with van der Waals surface area (Å²) in [6, 6.07) is 19.6.